The number of rotatable bonds is 0. The molecule has 5 heteroatoms. The van der Waals surface area contributed by atoms with Gasteiger partial charge < -0.3 is 19.1 Å². The molecule has 0 aromatic rings. The second-order valence-corrected chi connectivity index (χ2v) is 15.6. The molecule has 3 rings (SSSR count). The van der Waals surface area contributed by atoms with E-state index in [0.717, 1.165) is 51.7 Å². The Morgan fingerprint density at radius 1 is 0.649 bits per heavy atom. The fourth-order valence-corrected chi connectivity index (χ4v) is 5.24. The lowest BCUT2D eigenvalue weighted by molar-refractivity contribution is -0.0474. The third-order valence-electron chi connectivity index (χ3n) is 7.96. The van der Waals surface area contributed by atoms with Gasteiger partial charge in [-0.15, -0.1) is 0 Å². The van der Waals surface area contributed by atoms with Crippen LogP contribution < -0.4 is 0 Å². The number of nitrogens with zero attached hydrogens (tertiary/aromatic N) is 1. The summed E-state index contributed by atoms with van der Waals surface area (Å²) in [7, 11) is 0. The molecule has 3 aliphatic rings. The average Bonchev–Trinajstić information content (AvgIpc) is 2.78. The Morgan fingerprint density at radius 3 is 1.46 bits per heavy atom. The summed E-state index contributed by atoms with van der Waals surface area (Å²) in [5, 5.41) is 0. The van der Waals surface area contributed by atoms with E-state index in [1.54, 1.807) is 0 Å². The molecule has 37 heavy (non-hydrogen) atoms. The van der Waals surface area contributed by atoms with Gasteiger partial charge >= 0.3 is 6.09 Å². The fraction of sp³-hybridized carbons (Fsp3) is 0.969. The minimum atomic E-state index is -0.391. The quantitative estimate of drug-likeness (QED) is 0.317. The molecule has 5 nitrogen and oxygen atoms in total. The third kappa shape index (κ3) is 14.2. The van der Waals surface area contributed by atoms with Crippen molar-refractivity contribution in [1.29, 1.82) is 0 Å². The van der Waals surface area contributed by atoms with E-state index in [4.69, 9.17) is 14.2 Å². The zero-order chi connectivity index (χ0) is 28.5. The average molecular weight is 526 g/mol. The highest BCUT2D eigenvalue weighted by Crippen LogP contribution is 2.35. The van der Waals surface area contributed by atoms with E-state index in [-0.39, 0.29) is 6.09 Å². The van der Waals surface area contributed by atoms with E-state index < -0.39 is 5.60 Å². The first-order chi connectivity index (χ1) is 16.8. The van der Waals surface area contributed by atoms with Gasteiger partial charge in [-0.05, 0) is 93.8 Å². The van der Waals surface area contributed by atoms with Crippen LogP contribution in [-0.4, -0.2) is 55.6 Å². The van der Waals surface area contributed by atoms with Crippen LogP contribution in [0.5, 0.6) is 0 Å². The number of carbonyl (C=O) groups is 1. The first-order valence-corrected chi connectivity index (χ1v) is 15.0. The lowest BCUT2D eigenvalue weighted by Crippen LogP contribution is -2.43. The minimum absolute atomic E-state index is 0.162. The van der Waals surface area contributed by atoms with Gasteiger partial charge in [0.1, 0.15) is 5.60 Å². The molecule has 3 saturated heterocycles. The van der Waals surface area contributed by atoms with Crippen molar-refractivity contribution in [3.63, 3.8) is 0 Å². The second-order valence-electron chi connectivity index (χ2n) is 15.6. The van der Waals surface area contributed by atoms with Gasteiger partial charge in [-0.2, -0.15) is 0 Å². The van der Waals surface area contributed by atoms with Gasteiger partial charge in [0.05, 0.1) is 6.10 Å². The van der Waals surface area contributed by atoms with E-state index in [0.29, 0.717) is 28.3 Å². The normalized spacial score (nSPS) is 22.8. The minimum Gasteiger partial charge on any atom is -0.444 e. The van der Waals surface area contributed by atoms with Crippen LogP contribution in [0, 0.1) is 28.1 Å². The molecule has 0 aliphatic carbocycles. The van der Waals surface area contributed by atoms with Crippen molar-refractivity contribution < 1.29 is 19.0 Å². The van der Waals surface area contributed by atoms with Crippen LogP contribution in [0.1, 0.15) is 128 Å². The molecule has 0 N–H and O–H groups in total. The molecule has 0 radical (unpaired) electrons. The highest BCUT2D eigenvalue weighted by atomic mass is 16.6. The first-order valence-electron chi connectivity index (χ1n) is 15.0. The van der Waals surface area contributed by atoms with Crippen LogP contribution in [0.25, 0.3) is 0 Å². The molecule has 1 unspecified atom stereocenters. The van der Waals surface area contributed by atoms with E-state index in [1.807, 2.05) is 25.7 Å². The largest absolute Gasteiger partial charge is 0.444 e. The van der Waals surface area contributed by atoms with E-state index in [9.17, 15) is 4.79 Å². The van der Waals surface area contributed by atoms with Gasteiger partial charge in [-0.3, -0.25) is 0 Å². The maximum atomic E-state index is 11.9. The van der Waals surface area contributed by atoms with Crippen molar-refractivity contribution in [3.05, 3.63) is 0 Å². The van der Waals surface area contributed by atoms with Crippen molar-refractivity contribution in [3.8, 4) is 0 Å². The van der Waals surface area contributed by atoms with Crippen LogP contribution >= 0.6 is 0 Å². The third-order valence-corrected chi connectivity index (χ3v) is 7.96. The molecule has 3 aliphatic heterocycles. The molecular formula is C32H63NO4. The van der Waals surface area contributed by atoms with Crippen LogP contribution in [-0.2, 0) is 14.2 Å². The Balaban J connectivity index is 0.000000294. The standard InChI is InChI=1S/C14H27NO2.2C9H18O/c1-13(2,3)11-7-9-15(10-8-11)12(16)17-14(4,5)6;1-9(2,3)8-4-6-10-7-5-8;1-9(2,3)8-6-4-5-7-10-8/h11H,7-10H2,1-6H3;2*8H,4-7H2,1-3H3. The first kappa shape index (κ1) is 34.2. The Morgan fingerprint density at radius 2 is 1.14 bits per heavy atom. The van der Waals surface area contributed by atoms with Crippen LogP contribution in [0.2, 0.25) is 0 Å². The number of carbonyl (C=O) groups excluding carboxylic acids is 1. The molecule has 1 amide bonds. The van der Waals surface area contributed by atoms with Gasteiger partial charge in [0.25, 0.3) is 0 Å². The summed E-state index contributed by atoms with van der Waals surface area (Å²) in [6, 6.07) is 0. The zero-order valence-corrected chi connectivity index (χ0v) is 26.8. The van der Waals surface area contributed by atoms with Crippen molar-refractivity contribution in [2.45, 2.75) is 140 Å². The Kier molecular flexibility index (Phi) is 13.4. The summed E-state index contributed by atoms with van der Waals surface area (Å²) in [6.07, 6.45) is 8.88. The summed E-state index contributed by atoms with van der Waals surface area (Å²) in [4.78, 5) is 13.7. The zero-order valence-electron chi connectivity index (χ0n) is 26.8. The van der Waals surface area contributed by atoms with Crippen LogP contribution in [0.4, 0.5) is 4.79 Å². The summed E-state index contributed by atoms with van der Waals surface area (Å²) < 4.78 is 16.3. The SMILES string of the molecule is CC(C)(C)C1CCCCO1.CC(C)(C)C1CCOCC1.CC(C)(C)OC(=O)N1CCC(C(C)(C)C)CC1. The molecule has 0 saturated carbocycles. The summed E-state index contributed by atoms with van der Waals surface area (Å²) in [5.41, 5.74) is 0.794. The molecule has 0 spiro atoms. The van der Waals surface area contributed by atoms with Gasteiger partial charge in [0, 0.05) is 32.9 Å². The lowest BCUT2D eigenvalue weighted by Gasteiger charge is -2.39. The van der Waals surface area contributed by atoms with E-state index in [2.05, 4.69) is 62.3 Å². The van der Waals surface area contributed by atoms with Crippen molar-refractivity contribution in [1.82, 2.24) is 4.90 Å². The number of hydrogen-bond donors (Lipinski definition) is 0. The summed E-state index contributed by atoms with van der Waals surface area (Å²) in [6.45, 7) is 30.9. The Bertz CT molecular complexity index is 600. The van der Waals surface area contributed by atoms with Crippen molar-refractivity contribution >= 4 is 6.09 Å². The van der Waals surface area contributed by atoms with Crippen LogP contribution in [0.3, 0.4) is 0 Å². The monoisotopic (exact) mass is 525 g/mol. The highest BCUT2D eigenvalue weighted by Gasteiger charge is 2.32. The number of hydrogen-bond acceptors (Lipinski definition) is 4. The molecule has 1 atom stereocenters. The number of ether oxygens (including phenoxy) is 3. The number of likely N-dealkylation sites (tertiary alicyclic amines) is 1. The number of amides is 1. The van der Waals surface area contributed by atoms with Crippen LogP contribution in [0.15, 0.2) is 0 Å². The Hall–Kier alpha value is -0.810. The van der Waals surface area contributed by atoms with Gasteiger partial charge in [-0.25, -0.2) is 4.79 Å². The fourth-order valence-electron chi connectivity index (χ4n) is 5.24. The molecule has 3 fully saturated rings. The molecule has 0 aromatic carbocycles. The maximum absolute atomic E-state index is 11.9. The van der Waals surface area contributed by atoms with Crippen molar-refractivity contribution in [2.24, 2.45) is 28.1 Å². The lowest BCUT2D eigenvalue weighted by atomic mass is 9.75. The van der Waals surface area contributed by atoms with E-state index >= 15 is 0 Å². The maximum Gasteiger partial charge on any atom is 0.410 e. The van der Waals surface area contributed by atoms with Crippen molar-refractivity contribution in [2.75, 3.05) is 32.9 Å². The molecule has 0 aromatic heterocycles. The second kappa shape index (κ2) is 14.5. The van der Waals surface area contributed by atoms with E-state index in [1.165, 1.54) is 32.1 Å². The molecule has 0 bridgehead atoms. The summed E-state index contributed by atoms with van der Waals surface area (Å²) in [5.74, 6) is 1.59. The van der Waals surface area contributed by atoms with Gasteiger partial charge in [-0.1, -0.05) is 62.3 Å². The predicted octanol–water partition coefficient (Wildman–Crippen LogP) is 8.74. The smallest absolute Gasteiger partial charge is 0.410 e. The number of piperidine rings is 1. The molecule has 220 valence electrons. The Labute approximate surface area is 230 Å². The predicted molar refractivity (Wildman–Crippen MR) is 156 cm³/mol. The topological polar surface area (TPSA) is 48.0 Å². The highest BCUT2D eigenvalue weighted by molar-refractivity contribution is 5.68. The van der Waals surface area contributed by atoms with Gasteiger partial charge in [0.15, 0.2) is 0 Å². The van der Waals surface area contributed by atoms with Gasteiger partial charge in [0.2, 0.25) is 0 Å². The molecule has 3 heterocycles. The molecular weight excluding hydrogens is 462 g/mol. The summed E-state index contributed by atoms with van der Waals surface area (Å²) >= 11 is 0.